The van der Waals surface area contributed by atoms with Crippen molar-refractivity contribution in [3.8, 4) is 0 Å². The molecule has 17 heavy (non-hydrogen) atoms. The number of thioether (sulfide) groups is 1. The molecule has 88 valence electrons. The molecule has 0 fully saturated rings. The molecule has 6 heteroatoms. The number of hydrogen-bond acceptors (Lipinski definition) is 5. The molecule has 0 atom stereocenters. The van der Waals surface area contributed by atoms with E-state index in [1.54, 1.807) is 12.3 Å². The molecule has 0 aliphatic carbocycles. The van der Waals surface area contributed by atoms with Gasteiger partial charge in [0.15, 0.2) is 0 Å². The standard InChI is InChI=1S/C11H10N2O3S/c1-7-5-16-11(13-7)17-6-9-3-2-8(4-12-9)10(14)15/h2-5H,6H2,1H3,(H,14,15). The second kappa shape index (κ2) is 5.01. The average molecular weight is 250 g/mol. The summed E-state index contributed by atoms with van der Waals surface area (Å²) in [6.07, 6.45) is 2.93. The first kappa shape index (κ1) is 11.7. The highest BCUT2D eigenvalue weighted by Gasteiger charge is 2.05. The molecule has 0 amide bonds. The molecule has 0 aromatic carbocycles. The van der Waals surface area contributed by atoms with Gasteiger partial charge in [-0.15, -0.1) is 0 Å². The molecule has 0 radical (unpaired) electrons. The smallest absolute Gasteiger partial charge is 0.337 e. The van der Waals surface area contributed by atoms with Gasteiger partial charge in [-0.2, -0.15) is 0 Å². The van der Waals surface area contributed by atoms with E-state index in [1.807, 2.05) is 6.92 Å². The van der Waals surface area contributed by atoms with Crippen LogP contribution in [0.1, 0.15) is 21.7 Å². The van der Waals surface area contributed by atoms with E-state index in [1.165, 1.54) is 24.0 Å². The van der Waals surface area contributed by atoms with Gasteiger partial charge in [0.1, 0.15) is 6.26 Å². The number of nitrogens with zero attached hydrogens (tertiary/aromatic N) is 2. The minimum Gasteiger partial charge on any atom is -0.478 e. The van der Waals surface area contributed by atoms with Gasteiger partial charge < -0.3 is 9.52 Å². The maximum absolute atomic E-state index is 10.6. The summed E-state index contributed by atoms with van der Waals surface area (Å²) in [5.41, 5.74) is 1.81. The molecule has 0 unspecified atom stereocenters. The van der Waals surface area contributed by atoms with Crippen molar-refractivity contribution in [2.75, 3.05) is 0 Å². The van der Waals surface area contributed by atoms with Crippen LogP contribution >= 0.6 is 11.8 Å². The third-order valence-corrected chi connectivity index (χ3v) is 2.89. The molecule has 0 aliphatic heterocycles. The predicted molar refractivity (Wildman–Crippen MR) is 62.0 cm³/mol. The van der Waals surface area contributed by atoms with Crippen LogP contribution in [-0.4, -0.2) is 21.0 Å². The van der Waals surface area contributed by atoms with Gasteiger partial charge in [-0.3, -0.25) is 4.98 Å². The van der Waals surface area contributed by atoms with Gasteiger partial charge in [0, 0.05) is 11.9 Å². The highest BCUT2D eigenvalue weighted by atomic mass is 32.2. The molecule has 0 spiro atoms. The van der Waals surface area contributed by atoms with Crippen LogP contribution in [0.15, 0.2) is 34.2 Å². The quantitative estimate of drug-likeness (QED) is 0.839. The highest BCUT2D eigenvalue weighted by Crippen LogP contribution is 2.20. The first-order chi connectivity index (χ1) is 8.15. The zero-order valence-corrected chi connectivity index (χ0v) is 9.90. The third kappa shape index (κ3) is 3.07. The Labute approximate surface area is 102 Å². The molecular weight excluding hydrogens is 240 g/mol. The molecule has 0 aliphatic rings. The summed E-state index contributed by atoms with van der Waals surface area (Å²) < 4.78 is 5.18. The van der Waals surface area contributed by atoms with E-state index in [0.717, 1.165) is 11.4 Å². The molecule has 0 saturated heterocycles. The van der Waals surface area contributed by atoms with Crippen molar-refractivity contribution in [1.82, 2.24) is 9.97 Å². The van der Waals surface area contributed by atoms with E-state index < -0.39 is 5.97 Å². The molecule has 1 N–H and O–H groups in total. The number of carboxylic acid groups (broad SMARTS) is 1. The fraction of sp³-hybridized carbons (Fsp3) is 0.182. The number of pyridine rings is 1. The molecular formula is C11H10N2O3S. The number of aromatic nitrogens is 2. The van der Waals surface area contributed by atoms with Crippen LogP contribution in [0.4, 0.5) is 0 Å². The largest absolute Gasteiger partial charge is 0.478 e. The molecule has 2 rings (SSSR count). The summed E-state index contributed by atoms with van der Waals surface area (Å²) in [6, 6.07) is 3.22. The molecule has 2 heterocycles. The summed E-state index contributed by atoms with van der Waals surface area (Å²) in [6.45, 7) is 1.85. The molecule has 0 bridgehead atoms. The van der Waals surface area contributed by atoms with Crippen molar-refractivity contribution in [1.29, 1.82) is 0 Å². The summed E-state index contributed by atoms with van der Waals surface area (Å²) >= 11 is 1.42. The number of rotatable bonds is 4. The Hall–Kier alpha value is -1.82. The summed E-state index contributed by atoms with van der Waals surface area (Å²) in [4.78, 5) is 18.8. The van der Waals surface area contributed by atoms with Gasteiger partial charge in [0.2, 0.25) is 0 Å². The minimum absolute atomic E-state index is 0.186. The molecule has 0 saturated carbocycles. The van der Waals surface area contributed by atoms with Gasteiger partial charge in [0.05, 0.1) is 17.0 Å². The lowest BCUT2D eigenvalue weighted by Crippen LogP contribution is -1.98. The van der Waals surface area contributed by atoms with Crippen molar-refractivity contribution < 1.29 is 14.3 Å². The number of carbonyl (C=O) groups is 1. The van der Waals surface area contributed by atoms with E-state index in [-0.39, 0.29) is 5.56 Å². The number of oxazole rings is 1. The second-order valence-electron chi connectivity index (χ2n) is 3.39. The monoisotopic (exact) mass is 250 g/mol. The van der Waals surface area contributed by atoms with Crippen LogP contribution in [-0.2, 0) is 5.75 Å². The topological polar surface area (TPSA) is 76.2 Å². The second-order valence-corrected chi connectivity index (χ2v) is 4.31. The van der Waals surface area contributed by atoms with E-state index in [9.17, 15) is 4.79 Å². The van der Waals surface area contributed by atoms with Crippen LogP contribution in [0.2, 0.25) is 0 Å². The van der Waals surface area contributed by atoms with Crippen LogP contribution in [0, 0.1) is 6.92 Å². The maximum atomic E-state index is 10.6. The third-order valence-electron chi connectivity index (χ3n) is 2.01. The SMILES string of the molecule is Cc1coc(SCc2ccc(C(=O)O)cn2)n1. The zero-order chi connectivity index (χ0) is 12.3. The normalized spacial score (nSPS) is 10.4. The van der Waals surface area contributed by atoms with E-state index in [4.69, 9.17) is 9.52 Å². The Morgan fingerprint density at radius 2 is 2.35 bits per heavy atom. The first-order valence-electron chi connectivity index (χ1n) is 4.88. The molecule has 5 nitrogen and oxygen atoms in total. The number of carboxylic acids is 1. The fourth-order valence-electron chi connectivity index (χ4n) is 1.17. The van der Waals surface area contributed by atoms with Crippen LogP contribution < -0.4 is 0 Å². The summed E-state index contributed by atoms with van der Waals surface area (Å²) in [5, 5.41) is 9.31. The van der Waals surface area contributed by atoms with Crippen molar-refractivity contribution in [3.05, 3.63) is 41.5 Å². The summed E-state index contributed by atoms with van der Waals surface area (Å²) in [5.74, 6) is -0.375. The first-order valence-corrected chi connectivity index (χ1v) is 5.87. The van der Waals surface area contributed by atoms with E-state index >= 15 is 0 Å². The van der Waals surface area contributed by atoms with Gasteiger partial charge >= 0.3 is 5.97 Å². The minimum atomic E-state index is -0.972. The van der Waals surface area contributed by atoms with Gasteiger partial charge in [-0.25, -0.2) is 9.78 Å². The summed E-state index contributed by atoms with van der Waals surface area (Å²) in [7, 11) is 0. The lowest BCUT2D eigenvalue weighted by atomic mass is 10.2. The number of aryl methyl sites for hydroxylation is 1. The molecule has 2 aromatic heterocycles. The Morgan fingerprint density at radius 3 is 2.88 bits per heavy atom. The predicted octanol–water partition coefficient (Wildman–Crippen LogP) is 2.37. The van der Waals surface area contributed by atoms with Crippen LogP contribution in [0.3, 0.4) is 0 Å². The zero-order valence-electron chi connectivity index (χ0n) is 9.08. The number of hydrogen-bond donors (Lipinski definition) is 1. The van der Waals surface area contributed by atoms with Crippen molar-refractivity contribution >= 4 is 17.7 Å². The highest BCUT2D eigenvalue weighted by molar-refractivity contribution is 7.98. The average Bonchev–Trinajstić information content (AvgIpc) is 2.73. The Balaban J connectivity index is 1.97. The lowest BCUT2D eigenvalue weighted by Gasteiger charge is -1.98. The Kier molecular flexibility index (Phi) is 3.43. The van der Waals surface area contributed by atoms with Crippen LogP contribution in [0.25, 0.3) is 0 Å². The van der Waals surface area contributed by atoms with Gasteiger partial charge in [-0.05, 0) is 19.1 Å². The van der Waals surface area contributed by atoms with E-state index in [0.29, 0.717) is 11.0 Å². The Morgan fingerprint density at radius 1 is 1.53 bits per heavy atom. The van der Waals surface area contributed by atoms with Gasteiger partial charge in [-0.1, -0.05) is 11.8 Å². The molecule has 2 aromatic rings. The lowest BCUT2D eigenvalue weighted by molar-refractivity contribution is 0.0696. The van der Waals surface area contributed by atoms with Crippen molar-refractivity contribution in [3.63, 3.8) is 0 Å². The van der Waals surface area contributed by atoms with Crippen LogP contribution in [0.5, 0.6) is 0 Å². The van der Waals surface area contributed by atoms with Gasteiger partial charge in [0.25, 0.3) is 5.22 Å². The van der Waals surface area contributed by atoms with E-state index in [2.05, 4.69) is 9.97 Å². The Bertz CT molecular complexity index is 522. The maximum Gasteiger partial charge on any atom is 0.337 e. The van der Waals surface area contributed by atoms with Crippen molar-refractivity contribution in [2.24, 2.45) is 0 Å². The van der Waals surface area contributed by atoms with Crippen molar-refractivity contribution in [2.45, 2.75) is 17.9 Å². The number of aromatic carboxylic acids is 1. The fourth-order valence-corrected chi connectivity index (χ4v) is 1.94.